The molecule has 1 N–H and O–H groups in total. The maximum Gasteiger partial charge on any atom is 0.0957 e. The molecular weight excluding hydrogens is 184 g/mol. The van der Waals surface area contributed by atoms with Crippen LogP contribution in [0.5, 0.6) is 0 Å². The average molecular weight is 204 g/mol. The van der Waals surface area contributed by atoms with Crippen molar-refractivity contribution in [3.05, 3.63) is 35.9 Å². The van der Waals surface area contributed by atoms with Gasteiger partial charge in [0.1, 0.15) is 0 Å². The lowest BCUT2D eigenvalue weighted by Crippen LogP contribution is -2.63. The first kappa shape index (κ1) is 10.7. The summed E-state index contributed by atoms with van der Waals surface area (Å²) < 4.78 is 0. The predicted octanol–water partition coefficient (Wildman–Crippen LogP) is 3.33. The summed E-state index contributed by atoms with van der Waals surface area (Å²) in [6.07, 6.45) is 0.844. The summed E-state index contributed by atoms with van der Waals surface area (Å²) >= 11 is 0. The molecule has 1 aromatic carbocycles. The van der Waals surface area contributed by atoms with Crippen LogP contribution < -0.4 is 0 Å². The van der Waals surface area contributed by atoms with Crippen molar-refractivity contribution in [1.82, 2.24) is 0 Å². The molecule has 1 unspecified atom stereocenters. The minimum atomic E-state index is -0.655. The second-order valence-corrected chi connectivity index (χ2v) is 5.91. The number of hydrogen-bond donors (Lipinski definition) is 1. The zero-order valence-corrected chi connectivity index (χ0v) is 10.0. The van der Waals surface area contributed by atoms with Crippen molar-refractivity contribution >= 4 is 0 Å². The molecule has 0 spiro atoms. The monoisotopic (exact) mass is 204 g/mol. The molecule has 2 rings (SSSR count). The number of aliphatic hydroxyl groups is 1. The quantitative estimate of drug-likeness (QED) is 0.744. The van der Waals surface area contributed by atoms with Gasteiger partial charge in [0.15, 0.2) is 0 Å². The van der Waals surface area contributed by atoms with E-state index in [0.717, 1.165) is 12.0 Å². The van der Waals surface area contributed by atoms with Crippen molar-refractivity contribution in [1.29, 1.82) is 0 Å². The third-order valence-corrected chi connectivity index (χ3v) is 4.68. The topological polar surface area (TPSA) is 20.2 Å². The average Bonchev–Trinajstić information content (AvgIpc) is 2.18. The fraction of sp³-hybridized carbons (Fsp3) is 0.571. The number of benzene rings is 1. The first-order valence-electron chi connectivity index (χ1n) is 5.59. The summed E-state index contributed by atoms with van der Waals surface area (Å²) in [5, 5.41) is 10.7. The van der Waals surface area contributed by atoms with Crippen LogP contribution in [-0.2, 0) is 5.60 Å². The van der Waals surface area contributed by atoms with Crippen molar-refractivity contribution in [2.24, 2.45) is 10.8 Å². The molecule has 1 fully saturated rings. The smallest absolute Gasteiger partial charge is 0.0957 e. The van der Waals surface area contributed by atoms with Crippen LogP contribution in [0, 0.1) is 10.8 Å². The zero-order valence-electron chi connectivity index (χ0n) is 10.0. The molecule has 82 valence electrons. The Bertz CT molecular complexity index is 364. The van der Waals surface area contributed by atoms with E-state index < -0.39 is 5.60 Å². The lowest BCUT2D eigenvalue weighted by Gasteiger charge is -2.64. The molecular formula is C14H20O. The van der Waals surface area contributed by atoms with E-state index in [-0.39, 0.29) is 10.8 Å². The summed E-state index contributed by atoms with van der Waals surface area (Å²) in [5.74, 6) is 0. The van der Waals surface area contributed by atoms with Crippen LogP contribution in [0.3, 0.4) is 0 Å². The minimum Gasteiger partial charge on any atom is -0.385 e. The fourth-order valence-corrected chi connectivity index (χ4v) is 2.71. The second kappa shape index (κ2) is 2.85. The van der Waals surface area contributed by atoms with Crippen molar-refractivity contribution in [3.63, 3.8) is 0 Å². The van der Waals surface area contributed by atoms with Crippen LogP contribution >= 0.6 is 0 Å². The Labute approximate surface area is 92.1 Å². The van der Waals surface area contributed by atoms with Gasteiger partial charge in [0.05, 0.1) is 5.60 Å². The molecule has 1 heteroatoms. The highest BCUT2D eigenvalue weighted by atomic mass is 16.3. The Kier molecular flexibility index (Phi) is 2.03. The highest BCUT2D eigenvalue weighted by Gasteiger charge is 2.64. The van der Waals surface area contributed by atoms with Crippen LogP contribution in [0.25, 0.3) is 0 Å². The van der Waals surface area contributed by atoms with Gasteiger partial charge in [-0.2, -0.15) is 0 Å². The Morgan fingerprint density at radius 2 is 1.53 bits per heavy atom. The van der Waals surface area contributed by atoms with Gasteiger partial charge in [-0.15, -0.1) is 0 Å². The highest BCUT2D eigenvalue weighted by molar-refractivity contribution is 5.31. The van der Waals surface area contributed by atoms with E-state index in [2.05, 4.69) is 27.7 Å². The van der Waals surface area contributed by atoms with Crippen molar-refractivity contribution in [2.45, 2.75) is 39.7 Å². The maximum atomic E-state index is 10.7. The summed E-state index contributed by atoms with van der Waals surface area (Å²) in [4.78, 5) is 0. The molecule has 0 aliphatic heterocycles. The van der Waals surface area contributed by atoms with E-state index in [1.54, 1.807) is 0 Å². The van der Waals surface area contributed by atoms with E-state index in [1.165, 1.54) is 0 Å². The molecule has 0 bridgehead atoms. The van der Waals surface area contributed by atoms with E-state index in [9.17, 15) is 5.11 Å². The van der Waals surface area contributed by atoms with Gasteiger partial charge in [-0.3, -0.25) is 0 Å². The van der Waals surface area contributed by atoms with Gasteiger partial charge in [0, 0.05) is 5.41 Å². The van der Waals surface area contributed by atoms with E-state index in [4.69, 9.17) is 0 Å². The van der Waals surface area contributed by atoms with Crippen molar-refractivity contribution in [2.75, 3.05) is 0 Å². The lowest BCUT2D eigenvalue weighted by molar-refractivity contribution is -0.245. The normalized spacial score (nSPS) is 32.1. The van der Waals surface area contributed by atoms with Crippen LogP contribution in [0.4, 0.5) is 0 Å². The van der Waals surface area contributed by atoms with E-state index >= 15 is 0 Å². The van der Waals surface area contributed by atoms with Crippen LogP contribution in [0.1, 0.15) is 39.7 Å². The molecule has 0 amide bonds. The minimum absolute atomic E-state index is 0.0681. The molecule has 1 aromatic rings. The molecule has 0 radical (unpaired) electrons. The van der Waals surface area contributed by atoms with Gasteiger partial charge in [0.2, 0.25) is 0 Å². The number of rotatable bonds is 1. The molecule has 0 aromatic heterocycles. The van der Waals surface area contributed by atoms with Gasteiger partial charge in [-0.1, -0.05) is 58.0 Å². The summed E-state index contributed by atoms with van der Waals surface area (Å²) in [7, 11) is 0. The van der Waals surface area contributed by atoms with E-state index in [1.807, 2.05) is 30.3 Å². The summed E-state index contributed by atoms with van der Waals surface area (Å²) in [6, 6.07) is 10.0. The maximum absolute atomic E-state index is 10.7. The lowest BCUT2D eigenvalue weighted by atomic mass is 9.42. The Balaban J connectivity index is 2.40. The molecule has 1 atom stereocenters. The van der Waals surface area contributed by atoms with Crippen LogP contribution in [0.2, 0.25) is 0 Å². The second-order valence-electron chi connectivity index (χ2n) is 5.91. The number of hydrogen-bond acceptors (Lipinski definition) is 1. The standard InChI is InChI=1S/C14H20O/c1-12(2)10-14(15,13(12,3)4)11-8-6-5-7-9-11/h5-9,15H,10H2,1-4H3. The Hall–Kier alpha value is -0.820. The van der Waals surface area contributed by atoms with Gasteiger partial charge >= 0.3 is 0 Å². The third-order valence-electron chi connectivity index (χ3n) is 4.68. The highest BCUT2D eigenvalue weighted by Crippen LogP contribution is 2.66. The van der Waals surface area contributed by atoms with Crippen LogP contribution in [-0.4, -0.2) is 5.11 Å². The zero-order chi connectivity index (χ0) is 11.3. The molecule has 15 heavy (non-hydrogen) atoms. The van der Waals surface area contributed by atoms with Crippen molar-refractivity contribution in [3.8, 4) is 0 Å². The molecule has 1 saturated carbocycles. The van der Waals surface area contributed by atoms with Crippen molar-refractivity contribution < 1.29 is 5.11 Å². The Morgan fingerprint density at radius 3 is 1.93 bits per heavy atom. The van der Waals surface area contributed by atoms with Crippen LogP contribution in [0.15, 0.2) is 30.3 Å². The largest absolute Gasteiger partial charge is 0.385 e. The summed E-state index contributed by atoms with van der Waals surface area (Å²) in [6.45, 7) is 8.77. The molecule has 1 aliphatic rings. The SMILES string of the molecule is CC1(C)CC(O)(c2ccccc2)C1(C)C. The Morgan fingerprint density at radius 1 is 1.00 bits per heavy atom. The van der Waals surface area contributed by atoms with Gasteiger partial charge in [-0.25, -0.2) is 0 Å². The third kappa shape index (κ3) is 1.19. The van der Waals surface area contributed by atoms with E-state index in [0.29, 0.717) is 0 Å². The molecule has 1 nitrogen and oxygen atoms in total. The van der Waals surface area contributed by atoms with Gasteiger partial charge in [-0.05, 0) is 17.4 Å². The predicted molar refractivity (Wildman–Crippen MR) is 62.5 cm³/mol. The van der Waals surface area contributed by atoms with Gasteiger partial charge in [0.25, 0.3) is 0 Å². The first-order chi connectivity index (χ1) is 6.81. The van der Waals surface area contributed by atoms with Gasteiger partial charge < -0.3 is 5.11 Å². The molecule has 1 aliphatic carbocycles. The summed E-state index contributed by atoms with van der Waals surface area (Å²) in [5.41, 5.74) is 0.533. The molecule has 0 heterocycles. The first-order valence-corrected chi connectivity index (χ1v) is 5.59. The fourth-order valence-electron chi connectivity index (χ4n) is 2.71. The molecule has 0 saturated heterocycles.